The first-order valence-electron chi connectivity index (χ1n) is 11.8. The molecule has 2 fully saturated rings. The average molecular weight is 498 g/mol. The Morgan fingerprint density at radius 2 is 1.77 bits per heavy atom. The zero-order valence-electron chi connectivity index (χ0n) is 20.0. The summed E-state index contributed by atoms with van der Waals surface area (Å²) < 4.78 is 27.6. The number of benzene rings is 1. The summed E-state index contributed by atoms with van der Waals surface area (Å²) in [5.74, 6) is 2.62. The summed E-state index contributed by atoms with van der Waals surface area (Å²) in [6.45, 7) is 6.42. The maximum Gasteiger partial charge on any atom is 0.243 e. The third-order valence-electron chi connectivity index (χ3n) is 6.37. The van der Waals surface area contributed by atoms with Crippen LogP contribution >= 0.6 is 0 Å². The topological polar surface area (TPSA) is 122 Å². The van der Waals surface area contributed by atoms with E-state index in [-0.39, 0.29) is 6.04 Å². The van der Waals surface area contributed by atoms with E-state index >= 15 is 0 Å². The summed E-state index contributed by atoms with van der Waals surface area (Å²) in [6, 6.07) is 12.3. The first-order chi connectivity index (χ1) is 16.9. The Labute approximate surface area is 205 Å². The van der Waals surface area contributed by atoms with E-state index in [4.69, 9.17) is 4.98 Å². The molecule has 35 heavy (non-hydrogen) atoms. The number of aromatic amines is 1. The van der Waals surface area contributed by atoms with Crippen molar-refractivity contribution in [2.45, 2.75) is 24.3 Å². The molecule has 0 amide bonds. The molecule has 2 aliphatic heterocycles. The number of aromatic nitrogens is 4. The lowest BCUT2D eigenvalue weighted by atomic mass is 10.3. The lowest BCUT2D eigenvalue weighted by Crippen LogP contribution is -2.45. The van der Waals surface area contributed by atoms with E-state index in [0.29, 0.717) is 42.0 Å². The van der Waals surface area contributed by atoms with Crippen LogP contribution in [0.1, 0.15) is 12.1 Å². The van der Waals surface area contributed by atoms with Crippen molar-refractivity contribution < 1.29 is 8.42 Å². The number of aryl methyl sites for hydroxylation is 1. The zero-order chi connectivity index (χ0) is 24.4. The first-order valence-corrected chi connectivity index (χ1v) is 13.2. The number of sulfonamides is 1. The Morgan fingerprint density at radius 1 is 1.00 bits per heavy atom. The van der Waals surface area contributed by atoms with Gasteiger partial charge in [-0.15, -0.1) is 0 Å². The van der Waals surface area contributed by atoms with Crippen molar-refractivity contribution in [3.8, 4) is 0 Å². The van der Waals surface area contributed by atoms with Crippen molar-refractivity contribution in [2.24, 2.45) is 0 Å². The summed E-state index contributed by atoms with van der Waals surface area (Å²) in [6.07, 6.45) is 0.676. The van der Waals surface area contributed by atoms with E-state index in [2.05, 4.69) is 42.7 Å². The van der Waals surface area contributed by atoms with Crippen molar-refractivity contribution in [1.29, 1.82) is 0 Å². The van der Waals surface area contributed by atoms with Gasteiger partial charge in [0.05, 0.1) is 4.90 Å². The van der Waals surface area contributed by atoms with Crippen LogP contribution in [0.15, 0.2) is 47.4 Å². The molecule has 0 radical (unpaired) electrons. The highest BCUT2D eigenvalue weighted by Gasteiger charge is 2.33. The highest BCUT2D eigenvalue weighted by Crippen LogP contribution is 2.25. The molecule has 5 rings (SSSR count). The van der Waals surface area contributed by atoms with Gasteiger partial charge in [-0.05, 0) is 32.5 Å². The monoisotopic (exact) mass is 497 g/mol. The van der Waals surface area contributed by atoms with E-state index in [1.807, 2.05) is 25.1 Å². The predicted octanol–water partition coefficient (Wildman–Crippen LogP) is 1.88. The maximum absolute atomic E-state index is 13.0. The van der Waals surface area contributed by atoms with Crippen molar-refractivity contribution >= 4 is 33.4 Å². The normalized spacial score (nSPS) is 19.7. The van der Waals surface area contributed by atoms with Crippen molar-refractivity contribution in [3.05, 3.63) is 48.2 Å². The fraction of sp³-hybridized carbons (Fsp3) is 0.435. The van der Waals surface area contributed by atoms with Gasteiger partial charge in [0.1, 0.15) is 11.6 Å². The molecular weight excluding hydrogens is 466 g/mol. The van der Waals surface area contributed by atoms with Crippen LogP contribution in [0.3, 0.4) is 0 Å². The summed E-state index contributed by atoms with van der Waals surface area (Å²) >= 11 is 0. The minimum atomic E-state index is -3.53. The summed E-state index contributed by atoms with van der Waals surface area (Å²) in [4.78, 5) is 14.3. The molecule has 1 atom stereocenters. The highest BCUT2D eigenvalue weighted by molar-refractivity contribution is 7.89. The van der Waals surface area contributed by atoms with E-state index in [9.17, 15) is 8.42 Å². The lowest BCUT2D eigenvalue weighted by Gasteiger charge is -2.33. The largest absolute Gasteiger partial charge is 0.354 e. The number of H-pyrrole nitrogens is 1. The fourth-order valence-corrected chi connectivity index (χ4v) is 5.88. The van der Waals surface area contributed by atoms with E-state index in [1.165, 1.54) is 4.31 Å². The molecule has 1 unspecified atom stereocenters. The number of nitrogens with one attached hydrogen (secondary N) is 3. The average Bonchev–Trinajstić information content (AvgIpc) is 3.49. The summed E-state index contributed by atoms with van der Waals surface area (Å²) in [7, 11) is -1.41. The third-order valence-corrected chi connectivity index (χ3v) is 8.25. The Balaban J connectivity index is 1.34. The third kappa shape index (κ3) is 5.39. The van der Waals surface area contributed by atoms with Gasteiger partial charge in [-0.25, -0.2) is 8.42 Å². The molecule has 11 nitrogen and oxygen atoms in total. The van der Waals surface area contributed by atoms with Crippen LogP contribution in [0.25, 0.3) is 0 Å². The fourth-order valence-electron chi connectivity index (χ4n) is 4.36. The van der Waals surface area contributed by atoms with Crippen LogP contribution in [0.5, 0.6) is 0 Å². The van der Waals surface area contributed by atoms with Crippen LogP contribution in [0.4, 0.5) is 23.4 Å². The van der Waals surface area contributed by atoms with Gasteiger partial charge in [0.25, 0.3) is 0 Å². The Hall–Kier alpha value is -3.22. The lowest BCUT2D eigenvalue weighted by molar-refractivity contribution is 0.312. The number of piperazine rings is 1. The molecule has 2 aromatic heterocycles. The van der Waals surface area contributed by atoms with Crippen LogP contribution in [-0.4, -0.2) is 90.1 Å². The van der Waals surface area contributed by atoms with Gasteiger partial charge in [-0.1, -0.05) is 18.2 Å². The number of hydrogen-bond acceptors (Lipinski definition) is 9. The molecule has 3 aromatic rings. The van der Waals surface area contributed by atoms with Crippen LogP contribution in [0, 0.1) is 6.92 Å². The standard InChI is InChI=1S/C23H31N9O2S/c1-17-14-21(29-28-17)25-20-15-22(31-12-10-30(2)11-13-31)27-23(26-20)24-18-8-9-32(16-18)35(33,34)19-6-4-3-5-7-19/h3-7,14-15,18H,8-13,16H2,1-2H3,(H3,24,25,26,27,28,29). The maximum atomic E-state index is 13.0. The molecule has 0 saturated carbocycles. The SMILES string of the molecule is Cc1cc(Nc2cc(N3CCN(C)CC3)nc(NC3CCN(S(=O)(=O)c4ccccc4)C3)n2)n[nH]1. The quantitative estimate of drug-likeness (QED) is 0.449. The predicted molar refractivity (Wildman–Crippen MR) is 136 cm³/mol. The first kappa shape index (κ1) is 23.5. The van der Waals surface area contributed by atoms with Gasteiger partial charge in [0.15, 0.2) is 5.82 Å². The number of rotatable bonds is 7. The van der Waals surface area contributed by atoms with Gasteiger partial charge in [0, 0.05) is 63.1 Å². The van der Waals surface area contributed by atoms with Gasteiger partial charge in [-0.3, -0.25) is 5.10 Å². The molecular formula is C23H31N9O2S. The highest BCUT2D eigenvalue weighted by atomic mass is 32.2. The van der Waals surface area contributed by atoms with Crippen molar-refractivity contribution in [1.82, 2.24) is 29.4 Å². The van der Waals surface area contributed by atoms with E-state index in [0.717, 1.165) is 37.7 Å². The summed E-state index contributed by atoms with van der Waals surface area (Å²) in [5, 5.41) is 13.8. The zero-order valence-corrected chi connectivity index (χ0v) is 20.8. The summed E-state index contributed by atoms with van der Waals surface area (Å²) in [5.41, 5.74) is 0.949. The molecule has 2 saturated heterocycles. The van der Waals surface area contributed by atoms with E-state index < -0.39 is 10.0 Å². The number of hydrogen-bond donors (Lipinski definition) is 3. The molecule has 4 heterocycles. The molecule has 186 valence electrons. The Morgan fingerprint density at radius 3 is 2.49 bits per heavy atom. The van der Waals surface area contributed by atoms with E-state index in [1.54, 1.807) is 24.3 Å². The minimum Gasteiger partial charge on any atom is -0.354 e. The second kappa shape index (κ2) is 9.80. The smallest absolute Gasteiger partial charge is 0.243 e. The van der Waals surface area contributed by atoms with Gasteiger partial charge >= 0.3 is 0 Å². The van der Waals surface area contributed by atoms with Crippen LogP contribution in [-0.2, 0) is 10.0 Å². The van der Waals surface area contributed by atoms with Gasteiger partial charge in [0.2, 0.25) is 16.0 Å². The number of anilines is 4. The Kier molecular flexibility index (Phi) is 6.58. The van der Waals surface area contributed by atoms with Gasteiger partial charge in [-0.2, -0.15) is 19.4 Å². The molecule has 0 aliphatic carbocycles. The number of likely N-dealkylation sites (N-methyl/N-ethyl adjacent to an activating group) is 1. The van der Waals surface area contributed by atoms with Crippen molar-refractivity contribution in [2.75, 3.05) is 61.8 Å². The van der Waals surface area contributed by atoms with Crippen LogP contribution in [0.2, 0.25) is 0 Å². The molecule has 3 N–H and O–H groups in total. The molecule has 2 aliphatic rings. The molecule has 12 heteroatoms. The Bertz CT molecular complexity index is 1260. The second-order valence-electron chi connectivity index (χ2n) is 9.09. The molecule has 0 bridgehead atoms. The van der Waals surface area contributed by atoms with Crippen molar-refractivity contribution in [3.63, 3.8) is 0 Å². The minimum absolute atomic E-state index is 0.0864. The van der Waals surface area contributed by atoms with Gasteiger partial charge < -0.3 is 20.4 Å². The molecule has 0 spiro atoms. The number of nitrogens with zero attached hydrogens (tertiary/aromatic N) is 6. The molecule has 1 aromatic carbocycles. The van der Waals surface area contributed by atoms with Crippen LogP contribution < -0.4 is 15.5 Å². The second-order valence-corrected chi connectivity index (χ2v) is 11.0.